The van der Waals surface area contributed by atoms with Gasteiger partial charge in [-0.05, 0) is 49.9 Å². The molecular formula is C13H23O4P. The second-order valence-electron chi connectivity index (χ2n) is 4.15. The van der Waals surface area contributed by atoms with Gasteiger partial charge < -0.3 is 14.9 Å². The molecule has 0 aliphatic rings. The zero-order valence-corrected chi connectivity index (χ0v) is 12.7. The average molecular weight is 274 g/mol. The van der Waals surface area contributed by atoms with Crippen LogP contribution >= 0.6 is 7.60 Å². The lowest BCUT2D eigenvalue weighted by molar-refractivity contribution is 0.361. The van der Waals surface area contributed by atoms with Crippen molar-refractivity contribution < 1.29 is 19.5 Å². The fourth-order valence-electron chi connectivity index (χ4n) is 1.67. The van der Waals surface area contributed by atoms with Crippen molar-refractivity contribution in [1.82, 2.24) is 0 Å². The van der Waals surface area contributed by atoms with Crippen LogP contribution in [0.5, 0.6) is 5.75 Å². The van der Waals surface area contributed by atoms with Crippen LogP contribution in [0.3, 0.4) is 0 Å². The quantitative estimate of drug-likeness (QED) is 0.720. The number of aryl methyl sites for hydroxylation is 1. The van der Waals surface area contributed by atoms with Crippen molar-refractivity contribution in [3.05, 3.63) is 28.3 Å². The van der Waals surface area contributed by atoms with Crippen LogP contribution in [0.15, 0.2) is 6.07 Å². The Kier molecular flexibility index (Phi) is 6.08. The lowest BCUT2D eigenvalue weighted by Gasteiger charge is -2.19. The van der Waals surface area contributed by atoms with E-state index in [2.05, 4.69) is 0 Å². The summed E-state index contributed by atoms with van der Waals surface area (Å²) in [5, 5.41) is 9.83. The van der Waals surface area contributed by atoms with Crippen LogP contribution in [0.4, 0.5) is 0 Å². The molecule has 5 heteroatoms. The largest absolute Gasteiger partial charge is 0.507 e. The van der Waals surface area contributed by atoms with Crippen molar-refractivity contribution in [1.29, 1.82) is 0 Å². The third-order valence-electron chi connectivity index (χ3n) is 3.06. The Hall–Kier alpha value is -0.830. The maximum atomic E-state index is 11.2. The number of phenols is 1. The second-order valence-corrected chi connectivity index (χ2v) is 6.10. The second kappa shape index (κ2) is 6.37. The number of benzene rings is 1. The number of hydrogen-bond donors (Lipinski definition) is 3. The zero-order chi connectivity index (χ0) is 14.7. The minimum absolute atomic E-state index is 0.121. The van der Waals surface area contributed by atoms with Gasteiger partial charge in [-0.25, -0.2) is 0 Å². The Morgan fingerprint density at radius 3 is 1.94 bits per heavy atom. The summed E-state index contributed by atoms with van der Waals surface area (Å²) in [5.74, 6) is 0.121. The molecule has 104 valence electrons. The van der Waals surface area contributed by atoms with Crippen LogP contribution in [-0.2, 0) is 4.57 Å². The highest BCUT2D eigenvalue weighted by atomic mass is 31.2. The highest BCUT2D eigenvalue weighted by Crippen LogP contribution is 2.53. The highest BCUT2D eigenvalue weighted by molar-refractivity contribution is 7.52. The minimum Gasteiger partial charge on any atom is -0.507 e. The standard InChI is InChI=1S/C11H17O4P.C2H6/c1-6-5-10(9(4)16(13,14)15)8(3)11(12)7(6)2;1-2/h5,9,12H,1-4H3,(H2,13,14,15);1-2H3. The van der Waals surface area contributed by atoms with E-state index < -0.39 is 13.3 Å². The summed E-state index contributed by atoms with van der Waals surface area (Å²) >= 11 is 0. The summed E-state index contributed by atoms with van der Waals surface area (Å²) in [5.41, 5.74) is 1.74. The number of aromatic hydroxyl groups is 1. The number of hydrogen-bond acceptors (Lipinski definition) is 2. The maximum absolute atomic E-state index is 11.2. The predicted octanol–water partition coefficient (Wildman–Crippen LogP) is 3.58. The third-order valence-corrected chi connectivity index (χ3v) is 4.35. The Morgan fingerprint density at radius 1 is 1.11 bits per heavy atom. The Bertz CT molecular complexity index is 463. The van der Waals surface area contributed by atoms with Gasteiger partial charge in [0.1, 0.15) is 5.75 Å². The van der Waals surface area contributed by atoms with Gasteiger partial charge in [-0.1, -0.05) is 19.9 Å². The third kappa shape index (κ3) is 3.58. The SMILES string of the molecule is CC.Cc1cc(C(C)P(=O)(O)O)c(C)c(O)c1C. The number of rotatable bonds is 2. The summed E-state index contributed by atoms with van der Waals surface area (Å²) in [7, 11) is -4.17. The van der Waals surface area contributed by atoms with E-state index in [-0.39, 0.29) is 5.75 Å². The molecule has 0 aromatic heterocycles. The molecule has 0 aliphatic heterocycles. The van der Waals surface area contributed by atoms with Gasteiger partial charge in [-0.15, -0.1) is 0 Å². The van der Waals surface area contributed by atoms with Crippen molar-refractivity contribution in [2.45, 2.75) is 47.2 Å². The van der Waals surface area contributed by atoms with E-state index >= 15 is 0 Å². The van der Waals surface area contributed by atoms with Gasteiger partial charge >= 0.3 is 7.60 Å². The summed E-state index contributed by atoms with van der Waals surface area (Å²) in [6.45, 7) is 10.7. The first-order valence-electron chi connectivity index (χ1n) is 6.01. The van der Waals surface area contributed by atoms with Gasteiger partial charge in [-0.2, -0.15) is 0 Å². The molecule has 0 amide bonds. The molecule has 18 heavy (non-hydrogen) atoms. The van der Waals surface area contributed by atoms with Gasteiger partial charge in [0.05, 0.1) is 5.66 Å². The van der Waals surface area contributed by atoms with Crippen LogP contribution in [-0.4, -0.2) is 14.9 Å². The van der Waals surface area contributed by atoms with Crippen molar-refractivity contribution in [2.24, 2.45) is 0 Å². The molecule has 4 nitrogen and oxygen atoms in total. The van der Waals surface area contributed by atoms with E-state index in [1.807, 2.05) is 20.8 Å². The van der Waals surface area contributed by atoms with Gasteiger partial charge in [-0.3, -0.25) is 4.57 Å². The Balaban J connectivity index is 0.00000137. The molecule has 0 bridgehead atoms. The lowest BCUT2D eigenvalue weighted by Crippen LogP contribution is -2.00. The average Bonchev–Trinajstić information content (AvgIpc) is 2.31. The molecule has 0 saturated heterocycles. The molecule has 1 rings (SSSR count). The van der Waals surface area contributed by atoms with Crippen LogP contribution in [0, 0.1) is 20.8 Å². The van der Waals surface area contributed by atoms with E-state index in [1.54, 1.807) is 19.9 Å². The normalized spacial score (nSPS) is 12.7. The zero-order valence-electron chi connectivity index (χ0n) is 11.9. The van der Waals surface area contributed by atoms with Crippen molar-refractivity contribution in [2.75, 3.05) is 0 Å². The summed E-state index contributed by atoms with van der Waals surface area (Å²) in [4.78, 5) is 18.3. The topological polar surface area (TPSA) is 77.8 Å². The molecule has 1 aromatic carbocycles. The molecule has 0 radical (unpaired) electrons. The minimum atomic E-state index is -4.17. The van der Waals surface area contributed by atoms with Gasteiger partial charge in [0.25, 0.3) is 0 Å². The summed E-state index contributed by atoms with van der Waals surface area (Å²) in [6, 6.07) is 1.73. The molecule has 1 unspecified atom stereocenters. The van der Waals surface area contributed by atoms with E-state index in [0.29, 0.717) is 11.1 Å². The molecule has 3 N–H and O–H groups in total. The molecule has 0 fully saturated rings. The van der Waals surface area contributed by atoms with Crippen LogP contribution in [0.25, 0.3) is 0 Å². The molecule has 1 aromatic rings. The molecule has 0 aliphatic carbocycles. The van der Waals surface area contributed by atoms with Gasteiger partial charge in [0.15, 0.2) is 0 Å². The maximum Gasteiger partial charge on any atom is 0.332 e. The summed E-state index contributed by atoms with van der Waals surface area (Å²) < 4.78 is 11.2. The lowest BCUT2D eigenvalue weighted by atomic mass is 9.97. The molecule has 0 heterocycles. The first kappa shape index (κ1) is 17.2. The monoisotopic (exact) mass is 274 g/mol. The fourth-order valence-corrected chi connectivity index (χ4v) is 2.30. The van der Waals surface area contributed by atoms with Crippen molar-refractivity contribution >= 4 is 7.60 Å². The Labute approximate surface area is 109 Å². The Morgan fingerprint density at radius 2 is 1.56 bits per heavy atom. The first-order chi connectivity index (χ1) is 8.16. The van der Waals surface area contributed by atoms with E-state index in [4.69, 9.17) is 9.79 Å². The van der Waals surface area contributed by atoms with Gasteiger partial charge in [0, 0.05) is 0 Å². The van der Waals surface area contributed by atoms with E-state index in [1.165, 1.54) is 6.92 Å². The van der Waals surface area contributed by atoms with E-state index in [0.717, 1.165) is 11.1 Å². The fraction of sp³-hybridized carbons (Fsp3) is 0.538. The smallest absolute Gasteiger partial charge is 0.332 e. The first-order valence-corrected chi connectivity index (χ1v) is 7.69. The van der Waals surface area contributed by atoms with E-state index in [9.17, 15) is 9.67 Å². The molecule has 0 spiro atoms. The molecule has 0 saturated carbocycles. The molecule has 1 atom stereocenters. The number of phenolic OH excluding ortho intramolecular Hbond substituents is 1. The predicted molar refractivity (Wildman–Crippen MR) is 74.1 cm³/mol. The highest BCUT2D eigenvalue weighted by Gasteiger charge is 2.28. The van der Waals surface area contributed by atoms with Crippen molar-refractivity contribution in [3.63, 3.8) is 0 Å². The van der Waals surface area contributed by atoms with Crippen molar-refractivity contribution in [3.8, 4) is 5.75 Å². The van der Waals surface area contributed by atoms with Crippen LogP contribution < -0.4 is 0 Å². The van der Waals surface area contributed by atoms with Gasteiger partial charge in [0.2, 0.25) is 0 Å². The van der Waals surface area contributed by atoms with Crippen LogP contribution in [0.1, 0.15) is 48.7 Å². The van der Waals surface area contributed by atoms with Crippen LogP contribution in [0.2, 0.25) is 0 Å². The summed E-state index contributed by atoms with van der Waals surface area (Å²) in [6.07, 6.45) is 0. The molecular weight excluding hydrogens is 251 g/mol.